The van der Waals surface area contributed by atoms with Crippen LogP contribution in [0.25, 0.3) is 0 Å². The highest BCUT2D eigenvalue weighted by Crippen LogP contribution is 2.11. The van der Waals surface area contributed by atoms with Gasteiger partial charge in [0.2, 0.25) is 0 Å². The van der Waals surface area contributed by atoms with Gasteiger partial charge in [-0.15, -0.1) is 0 Å². The van der Waals surface area contributed by atoms with E-state index in [4.69, 9.17) is 9.47 Å². The van der Waals surface area contributed by atoms with E-state index in [1.807, 2.05) is 30.3 Å². The van der Waals surface area contributed by atoms with Crippen LogP contribution < -0.4 is 0 Å². The van der Waals surface area contributed by atoms with Crippen LogP contribution in [-0.4, -0.2) is 36.2 Å². The van der Waals surface area contributed by atoms with Gasteiger partial charge >= 0.3 is 12.1 Å². The number of nitrogens with zero attached hydrogens (tertiary/aromatic N) is 1. The molecule has 1 amide bonds. The Morgan fingerprint density at radius 2 is 1.95 bits per heavy atom. The number of esters is 1. The second kappa shape index (κ2) is 8.79. The minimum atomic E-state index is -0.720. The number of hydrogen-bond acceptors (Lipinski definition) is 4. The monoisotopic (exact) mass is 291 g/mol. The Morgan fingerprint density at radius 1 is 1.29 bits per heavy atom. The van der Waals surface area contributed by atoms with Gasteiger partial charge in [-0.05, 0) is 19.4 Å². The maximum absolute atomic E-state index is 12.1. The molecule has 0 aromatic heterocycles. The molecule has 21 heavy (non-hydrogen) atoms. The van der Waals surface area contributed by atoms with Crippen molar-refractivity contribution in [2.75, 3.05) is 13.2 Å². The van der Waals surface area contributed by atoms with E-state index in [1.54, 1.807) is 13.8 Å². The fourth-order valence-corrected chi connectivity index (χ4v) is 1.74. The Labute approximate surface area is 125 Å². The van der Waals surface area contributed by atoms with Gasteiger partial charge in [0.1, 0.15) is 12.6 Å². The highest BCUT2D eigenvalue weighted by molar-refractivity contribution is 5.81. The number of benzene rings is 1. The fourth-order valence-electron chi connectivity index (χ4n) is 1.74. The van der Waals surface area contributed by atoms with Crippen LogP contribution in [0.15, 0.2) is 43.0 Å². The predicted molar refractivity (Wildman–Crippen MR) is 79.6 cm³/mol. The van der Waals surface area contributed by atoms with Gasteiger partial charge in [-0.25, -0.2) is 9.59 Å². The molecule has 1 aromatic rings. The molecule has 0 aliphatic rings. The first-order chi connectivity index (χ1) is 10.1. The van der Waals surface area contributed by atoms with Crippen molar-refractivity contribution in [1.82, 2.24) is 4.90 Å². The van der Waals surface area contributed by atoms with Crippen molar-refractivity contribution in [2.45, 2.75) is 26.4 Å². The Balaban J connectivity index is 2.85. The van der Waals surface area contributed by atoms with E-state index in [1.165, 1.54) is 11.0 Å². The van der Waals surface area contributed by atoms with E-state index >= 15 is 0 Å². The maximum Gasteiger partial charge on any atom is 0.411 e. The molecule has 5 heteroatoms. The third-order valence-electron chi connectivity index (χ3n) is 2.85. The molecule has 1 atom stereocenters. The third-order valence-corrected chi connectivity index (χ3v) is 2.85. The van der Waals surface area contributed by atoms with Crippen LogP contribution in [0.1, 0.15) is 19.4 Å². The molecule has 0 fully saturated rings. The fraction of sp³-hybridized carbons (Fsp3) is 0.375. The molecule has 1 aromatic carbocycles. The smallest absolute Gasteiger partial charge is 0.411 e. The molecule has 1 unspecified atom stereocenters. The lowest BCUT2D eigenvalue weighted by atomic mass is 10.2. The Morgan fingerprint density at radius 3 is 2.52 bits per heavy atom. The highest BCUT2D eigenvalue weighted by Gasteiger charge is 2.28. The molecule has 0 aliphatic carbocycles. The summed E-state index contributed by atoms with van der Waals surface area (Å²) >= 11 is 0. The van der Waals surface area contributed by atoms with Gasteiger partial charge in [0.25, 0.3) is 0 Å². The van der Waals surface area contributed by atoms with Crippen molar-refractivity contribution < 1.29 is 19.1 Å². The summed E-state index contributed by atoms with van der Waals surface area (Å²) in [7, 11) is 0. The third kappa shape index (κ3) is 5.30. The van der Waals surface area contributed by atoms with Crippen LogP contribution in [0.4, 0.5) is 4.79 Å². The summed E-state index contributed by atoms with van der Waals surface area (Å²) in [6, 6.07) is 8.67. The van der Waals surface area contributed by atoms with Crippen LogP contribution in [0.3, 0.4) is 0 Å². The predicted octanol–water partition coefficient (Wildman–Crippen LogP) is 2.76. The molecule has 1 rings (SSSR count). The van der Waals surface area contributed by atoms with Gasteiger partial charge in [0.15, 0.2) is 0 Å². The molecule has 0 heterocycles. The minimum Gasteiger partial charge on any atom is -0.464 e. The molecular weight excluding hydrogens is 270 g/mol. The maximum atomic E-state index is 12.1. The summed E-state index contributed by atoms with van der Waals surface area (Å²) in [5, 5.41) is 0. The SMILES string of the molecule is C=CCOC(=O)N(Cc1ccccc1)C(C)C(=O)OCC. The first-order valence-electron chi connectivity index (χ1n) is 6.85. The molecule has 0 saturated carbocycles. The van der Waals surface area contributed by atoms with Crippen molar-refractivity contribution in [3.8, 4) is 0 Å². The molecule has 114 valence electrons. The van der Waals surface area contributed by atoms with Gasteiger partial charge in [-0.3, -0.25) is 4.90 Å². The summed E-state index contributed by atoms with van der Waals surface area (Å²) < 4.78 is 10.0. The average Bonchev–Trinajstić information content (AvgIpc) is 2.50. The molecule has 0 aliphatic heterocycles. The molecule has 0 N–H and O–H groups in total. The van der Waals surface area contributed by atoms with Gasteiger partial charge in [-0.2, -0.15) is 0 Å². The van der Waals surface area contributed by atoms with Crippen LogP contribution >= 0.6 is 0 Å². The first-order valence-corrected chi connectivity index (χ1v) is 6.85. The summed E-state index contributed by atoms with van der Waals surface area (Å²) in [6.45, 7) is 7.48. The molecule has 5 nitrogen and oxygen atoms in total. The summed E-state index contributed by atoms with van der Waals surface area (Å²) in [5.41, 5.74) is 0.907. The van der Waals surface area contributed by atoms with E-state index in [0.29, 0.717) is 0 Å². The minimum absolute atomic E-state index is 0.0969. The highest BCUT2D eigenvalue weighted by atomic mass is 16.6. The van der Waals surface area contributed by atoms with Crippen molar-refractivity contribution >= 4 is 12.1 Å². The van der Waals surface area contributed by atoms with E-state index in [0.717, 1.165) is 5.56 Å². The van der Waals surface area contributed by atoms with Crippen LogP contribution in [0, 0.1) is 0 Å². The number of carbonyl (C=O) groups is 2. The standard InChI is InChI=1S/C16H21NO4/c1-4-11-21-16(19)17(13(3)15(18)20-5-2)12-14-9-7-6-8-10-14/h4,6-10,13H,1,5,11-12H2,2-3H3. The number of rotatable bonds is 7. The Kier molecular flexibility index (Phi) is 7.01. The zero-order chi connectivity index (χ0) is 15.7. The van der Waals surface area contributed by atoms with Gasteiger partial charge in [0.05, 0.1) is 6.61 Å². The number of hydrogen-bond donors (Lipinski definition) is 0. The van der Waals surface area contributed by atoms with Crippen molar-refractivity contribution in [3.05, 3.63) is 48.6 Å². The number of carbonyl (C=O) groups excluding carboxylic acids is 2. The quantitative estimate of drug-likeness (QED) is 0.572. The number of amides is 1. The van der Waals surface area contributed by atoms with Crippen molar-refractivity contribution in [2.24, 2.45) is 0 Å². The Bertz CT molecular complexity index is 472. The lowest BCUT2D eigenvalue weighted by Gasteiger charge is -2.26. The van der Waals surface area contributed by atoms with Gasteiger partial charge < -0.3 is 9.47 Å². The zero-order valence-electron chi connectivity index (χ0n) is 12.5. The molecule has 0 spiro atoms. The first kappa shape index (κ1) is 16.8. The van der Waals surface area contributed by atoms with E-state index < -0.39 is 18.1 Å². The van der Waals surface area contributed by atoms with Crippen molar-refractivity contribution in [1.29, 1.82) is 0 Å². The Hall–Kier alpha value is -2.30. The normalized spacial score (nSPS) is 11.3. The second-order valence-electron chi connectivity index (χ2n) is 4.41. The van der Waals surface area contributed by atoms with Gasteiger partial charge in [-0.1, -0.05) is 43.0 Å². The zero-order valence-corrected chi connectivity index (χ0v) is 12.5. The van der Waals surface area contributed by atoms with Crippen LogP contribution in [-0.2, 0) is 20.8 Å². The molecule has 0 bridgehead atoms. The van der Waals surface area contributed by atoms with Crippen LogP contribution in [0.5, 0.6) is 0 Å². The van der Waals surface area contributed by atoms with E-state index in [9.17, 15) is 9.59 Å². The summed E-state index contributed by atoms with van der Waals surface area (Å²) in [5.74, 6) is -0.455. The molecule has 0 saturated heterocycles. The number of ether oxygens (including phenoxy) is 2. The lowest BCUT2D eigenvalue weighted by molar-refractivity contribution is -0.148. The largest absolute Gasteiger partial charge is 0.464 e. The van der Waals surface area contributed by atoms with Crippen LogP contribution in [0.2, 0.25) is 0 Å². The molecular formula is C16H21NO4. The summed E-state index contributed by atoms with van der Waals surface area (Å²) in [6.07, 6.45) is 0.910. The molecule has 0 radical (unpaired) electrons. The summed E-state index contributed by atoms with van der Waals surface area (Å²) in [4.78, 5) is 25.3. The topological polar surface area (TPSA) is 55.8 Å². The second-order valence-corrected chi connectivity index (χ2v) is 4.41. The van der Waals surface area contributed by atoms with E-state index in [-0.39, 0.29) is 19.8 Å². The average molecular weight is 291 g/mol. The van der Waals surface area contributed by atoms with Gasteiger partial charge in [0, 0.05) is 6.54 Å². The lowest BCUT2D eigenvalue weighted by Crippen LogP contribution is -2.43. The van der Waals surface area contributed by atoms with Crippen molar-refractivity contribution in [3.63, 3.8) is 0 Å². The van der Waals surface area contributed by atoms with E-state index in [2.05, 4.69) is 6.58 Å².